The van der Waals surface area contributed by atoms with Crippen molar-refractivity contribution >= 4 is 28.4 Å². The molecule has 2 heterocycles. The average molecular weight is 451 g/mol. The summed E-state index contributed by atoms with van der Waals surface area (Å²) in [6.07, 6.45) is 1.09. The number of benzene rings is 2. The first-order valence-electron chi connectivity index (χ1n) is 11.7. The lowest BCUT2D eigenvalue weighted by atomic mass is 10.1. The number of carbonyl (C=O) groups excluding carboxylic acids is 2. The van der Waals surface area contributed by atoms with E-state index in [1.165, 1.54) is 12.1 Å². The topological polar surface area (TPSA) is 57.6 Å². The number of nitrogens with zero attached hydrogens (tertiary/aromatic N) is 3. The number of fused-ring (bicyclic) bond motifs is 1. The summed E-state index contributed by atoms with van der Waals surface area (Å²) in [5.41, 5.74) is 3.12. The van der Waals surface area contributed by atoms with Crippen molar-refractivity contribution in [2.75, 3.05) is 38.0 Å². The lowest BCUT2D eigenvalue weighted by molar-refractivity contribution is -0.115. The Morgan fingerprint density at radius 3 is 2.36 bits per heavy atom. The second-order valence-electron chi connectivity index (χ2n) is 8.53. The van der Waals surface area contributed by atoms with Gasteiger partial charge in [-0.15, -0.1) is 0 Å². The van der Waals surface area contributed by atoms with Crippen LogP contribution in [0.15, 0.2) is 48.5 Å². The monoisotopic (exact) mass is 450 g/mol. The summed E-state index contributed by atoms with van der Waals surface area (Å²) < 4.78 is 15.2. The van der Waals surface area contributed by atoms with Crippen LogP contribution < -0.4 is 5.32 Å². The van der Waals surface area contributed by atoms with Gasteiger partial charge in [-0.2, -0.15) is 0 Å². The predicted molar refractivity (Wildman–Crippen MR) is 129 cm³/mol. The average Bonchev–Trinajstić information content (AvgIpc) is 3.18. The summed E-state index contributed by atoms with van der Waals surface area (Å²) in [7, 11) is 0. The van der Waals surface area contributed by atoms with Crippen molar-refractivity contribution in [1.82, 2.24) is 14.4 Å². The van der Waals surface area contributed by atoms with Crippen LogP contribution in [0.4, 0.5) is 10.1 Å². The molecule has 4 rings (SSSR count). The number of anilines is 1. The van der Waals surface area contributed by atoms with Gasteiger partial charge in [0.05, 0.1) is 6.42 Å². The summed E-state index contributed by atoms with van der Waals surface area (Å²) in [5, 5.41) is 3.85. The molecule has 0 atom stereocenters. The molecule has 0 spiro atoms. The Labute approximate surface area is 194 Å². The van der Waals surface area contributed by atoms with Gasteiger partial charge in [0, 0.05) is 49.3 Å². The summed E-state index contributed by atoms with van der Waals surface area (Å²) >= 11 is 0. The van der Waals surface area contributed by atoms with Crippen LogP contribution in [-0.2, 0) is 17.8 Å². The van der Waals surface area contributed by atoms with Gasteiger partial charge in [-0.1, -0.05) is 26.0 Å². The van der Waals surface area contributed by atoms with Crippen molar-refractivity contribution < 1.29 is 14.0 Å². The number of halogens is 1. The van der Waals surface area contributed by atoms with Crippen LogP contribution in [0.1, 0.15) is 36.3 Å². The number of hydrogen-bond acceptors (Lipinski definition) is 3. The first-order chi connectivity index (χ1) is 16.0. The molecule has 1 fully saturated rings. The molecule has 33 heavy (non-hydrogen) atoms. The maximum Gasteiger partial charge on any atom is 0.270 e. The third-order valence-electron chi connectivity index (χ3n) is 6.24. The molecule has 174 valence electrons. The minimum atomic E-state index is -0.321. The maximum atomic E-state index is 13.3. The molecule has 0 radical (unpaired) electrons. The molecular weight excluding hydrogens is 419 g/mol. The van der Waals surface area contributed by atoms with E-state index in [4.69, 9.17) is 0 Å². The zero-order chi connectivity index (χ0) is 23.4. The van der Waals surface area contributed by atoms with E-state index in [1.54, 1.807) is 12.1 Å². The normalized spacial score (nSPS) is 14.6. The lowest BCUT2D eigenvalue weighted by Gasteiger charge is -2.34. The van der Waals surface area contributed by atoms with Crippen molar-refractivity contribution in [2.45, 2.75) is 33.2 Å². The fourth-order valence-corrected chi connectivity index (χ4v) is 4.41. The van der Waals surface area contributed by atoms with E-state index in [-0.39, 0.29) is 24.1 Å². The van der Waals surface area contributed by atoms with Gasteiger partial charge in [-0.05, 0) is 54.9 Å². The highest BCUT2D eigenvalue weighted by Crippen LogP contribution is 2.25. The van der Waals surface area contributed by atoms with Crippen LogP contribution in [0.3, 0.4) is 0 Å². The van der Waals surface area contributed by atoms with E-state index in [0.29, 0.717) is 11.4 Å². The molecule has 7 heteroatoms. The van der Waals surface area contributed by atoms with Gasteiger partial charge in [0.1, 0.15) is 11.5 Å². The Bertz CT molecular complexity index is 1130. The molecule has 0 saturated carbocycles. The third-order valence-corrected chi connectivity index (χ3v) is 6.24. The molecule has 2 aromatic carbocycles. The van der Waals surface area contributed by atoms with Crippen LogP contribution in [0, 0.1) is 5.82 Å². The van der Waals surface area contributed by atoms with Crippen molar-refractivity contribution in [3.63, 3.8) is 0 Å². The predicted octanol–water partition coefficient (Wildman–Crippen LogP) is 4.15. The van der Waals surface area contributed by atoms with Crippen LogP contribution in [-0.4, -0.2) is 58.9 Å². The van der Waals surface area contributed by atoms with E-state index >= 15 is 0 Å². The Morgan fingerprint density at radius 2 is 1.70 bits per heavy atom. The largest absolute Gasteiger partial charge is 0.337 e. The number of rotatable bonds is 7. The molecule has 0 bridgehead atoms. The maximum absolute atomic E-state index is 13.3. The van der Waals surface area contributed by atoms with Gasteiger partial charge in [0.15, 0.2) is 0 Å². The summed E-state index contributed by atoms with van der Waals surface area (Å²) in [6, 6.07) is 13.6. The number of aryl methyl sites for hydroxylation is 1. The molecule has 1 aliphatic rings. The van der Waals surface area contributed by atoms with Crippen LogP contribution in [0.2, 0.25) is 0 Å². The van der Waals surface area contributed by atoms with Gasteiger partial charge in [-0.25, -0.2) is 4.39 Å². The third kappa shape index (κ3) is 5.25. The van der Waals surface area contributed by atoms with Gasteiger partial charge < -0.3 is 19.7 Å². The van der Waals surface area contributed by atoms with E-state index in [9.17, 15) is 14.0 Å². The van der Waals surface area contributed by atoms with Crippen LogP contribution in [0.5, 0.6) is 0 Å². The quantitative estimate of drug-likeness (QED) is 0.588. The van der Waals surface area contributed by atoms with Gasteiger partial charge in [0.2, 0.25) is 5.91 Å². The molecular formula is C26H31FN4O2. The Balaban J connectivity index is 1.53. The highest BCUT2D eigenvalue weighted by atomic mass is 19.1. The van der Waals surface area contributed by atoms with E-state index in [2.05, 4.69) is 28.6 Å². The molecule has 0 aliphatic carbocycles. The molecule has 1 N–H and O–H groups in total. The second kappa shape index (κ2) is 10.2. The van der Waals surface area contributed by atoms with Crippen molar-refractivity contribution in [3.05, 3.63) is 65.6 Å². The van der Waals surface area contributed by atoms with E-state index < -0.39 is 0 Å². The number of aromatic nitrogens is 1. The number of carbonyl (C=O) groups is 2. The highest BCUT2D eigenvalue weighted by Gasteiger charge is 2.24. The molecule has 6 nitrogen and oxygen atoms in total. The molecule has 1 aliphatic heterocycles. The minimum Gasteiger partial charge on any atom is -0.337 e. The number of piperazine rings is 1. The van der Waals surface area contributed by atoms with Crippen LogP contribution in [0.25, 0.3) is 10.9 Å². The standard InChI is InChI=1S/C26H31FN4O2/c1-3-11-31-23-10-9-22(28-25(32)16-19-5-7-21(27)8-6-19)17-20(23)18-24(31)26(33)30-14-12-29(4-2)13-15-30/h5-10,17-18H,3-4,11-16H2,1-2H3,(H,28,32). The summed E-state index contributed by atoms with van der Waals surface area (Å²) in [5.74, 6) is -0.421. The van der Waals surface area contributed by atoms with Crippen LogP contribution >= 0.6 is 0 Å². The fraction of sp³-hybridized carbons (Fsp3) is 0.385. The number of likely N-dealkylation sites (N-methyl/N-ethyl adjacent to an activating group) is 1. The first-order valence-corrected chi connectivity index (χ1v) is 11.7. The fourth-order valence-electron chi connectivity index (χ4n) is 4.41. The highest BCUT2D eigenvalue weighted by molar-refractivity contribution is 6.01. The Kier molecular flexibility index (Phi) is 7.08. The molecule has 0 unspecified atom stereocenters. The first kappa shape index (κ1) is 23.0. The molecule has 2 amide bonds. The SMILES string of the molecule is CCCn1c(C(=O)N2CCN(CC)CC2)cc2cc(NC(=O)Cc3ccc(F)cc3)ccc21. The zero-order valence-electron chi connectivity index (χ0n) is 19.3. The van der Waals surface area contributed by atoms with Crippen molar-refractivity contribution in [3.8, 4) is 0 Å². The molecule has 3 aromatic rings. The van der Waals surface area contributed by atoms with Crippen molar-refractivity contribution in [2.24, 2.45) is 0 Å². The molecule has 1 saturated heterocycles. The Hall–Kier alpha value is -3.19. The number of nitrogens with one attached hydrogen (secondary N) is 1. The van der Waals surface area contributed by atoms with E-state index in [0.717, 1.165) is 62.2 Å². The second-order valence-corrected chi connectivity index (χ2v) is 8.53. The number of amides is 2. The Morgan fingerprint density at radius 1 is 0.970 bits per heavy atom. The minimum absolute atomic E-state index is 0.0669. The summed E-state index contributed by atoms with van der Waals surface area (Å²) in [4.78, 5) is 30.1. The molecule has 1 aromatic heterocycles. The number of hydrogen-bond donors (Lipinski definition) is 1. The van der Waals surface area contributed by atoms with Gasteiger partial charge in [-0.3, -0.25) is 9.59 Å². The zero-order valence-corrected chi connectivity index (χ0v) is 19.3. The smallest absolute Gasteiger partial charge is 0.270 e. The lowest BCUT2D eigenvalue weighted by Crippen LogP contribution is -2.48. The van der Waals surface area contributed by atoms with Crippen molar-refractivity contribution in [1.29, 1.82) is 0 Å². The summed E-state index contributed by atoms with van der Waals surface area (Å²) in [6.45, 7) is 9.30. The van der Waals surface area contributed by atoms with Gasteiger partial charge >= 0.3 is 0 Å². The van der Waals surface area contributed by atoms with E-state index in [1.807, 2.05) is 29.2 Å². The van der Waals surface area contributed by atoms with Gasteiger partial charge in [0.25, 0.3) is 5.91 Å².